The minimum atomic E-state index is -4.40. The molecule has 0 saturated carbocycles. The number of methoxy groups -OCH3 is 1. The van der Waals surface area contributed by atoms with Crippen LogP contribution in [0.3, 0.4) is 0 Å². The molecule has 126 valence electrons. The first-order valence-corrected chi connectivity index (χ1v) is 7.17. The molecule has 1 aliphatic heterocycles. The van der Waals surface area contributed by atoms with Crippen molar-refractivity contribution in [2.75, 3.05) is 18.6 Å². The fourth-order valence-corrected chi connectivity index (χ4v) is 2.85. The van der Waals surface area contributed by atoms with Crippen LogP contribution in [0.2, 0.25) is 0 Å². The van der Waals surface area contributed by atoms with E-state index in [2.05, 4.69) is 0 Å². The summed E-state index contributed by atoms with van der Waals surface area (Å²) in [4.78, 5) is 13.2. The molecule has 2 aromatic rings. The monoisotopic (exact) mass is 337 g/mol. The van der Waals surface area contributed by atoms with Crippen molar-refractivity contribution >= 4 is 17.3 Å². The van der Waals surface area contributed by atoms with Crippen LogP contribution in [-0.2, 0) is 11.0 Å². The Balaban J connectivity index is 2.00. The molecule has 0 spiro atoms. The van der Waals surface area contributed by atoms with E-state index in [1.54, 1.807) is 23.1 Å². The van der Waals surface area contributed by atoms with Crippen LogP contribution in [0.1, 0.15) is 17.0 Å². The van der Waals surface area contributed by atoms with E-state index in [1.807, 2.05) is 0 Å². The second-order valence-electron chi connectivity index (χ2n) is 5.47. The Kier molecular flexibility index (Phi) is 3.87. The van der Waals surface area contributed by atoms with E-state index in [9.17, 15) is 23.1 Å². The van der Waals surface area contributed by atoms with Gasteiger partial charge in [0.2, 0.25) is 0 Å². The highest BCUT2D eigenvalue weighted by atomic mass is 19.4. The average Bonchev–Trinajstić information content (AvgIpc) is 2.93. The van der Waals surface area contributed by atoms with Crippen LogP contribution in [-0.4, -0.2) is 24.7 Å². The number of carbonyl (C=O) groups is 1. The molecule has 0 aromatic heterocycles. The largest absolute Gasteiger partial charge is 0.497 e. The summed E-state index contributed by atoms with van der Waals surface area (Å²) >= 11 is 0. The molecular formula is C17H14F3NO3. The molecule has 0 fully saturated rings. The van der Waals surface area contributed by atoms with Crippen LogP contribution in [0.25, 0.3) is 0 Å². The lowest BCUT2D eigenvalue weighted by atomic mass is 10.0. The molecule has 1 unspecified atom stereocenters. The second kappa shape index (κ2) is 5.74. The number of hydrogen-bond acceptors (Lipinski definition) is 3. The predicted octanol–water partition coefficient (Wildman–Crippen LogP) is 4.03. The van der Waals surface area contributed by atoms with Crippen molar-refractivity contribution in [2.24, 2.45) is 0 Å². The number of fused-ring (bicyclic) bond motifs is 1. The Morgan fingerprint density at radius 3 is 2.42 bits per heavy atom. The minimum Gasteiger partial charge on any atom is -0.497 e. The lowest BCUT2D eigenvalue weighted by Gasteiger charge is -2.20. The van der Waals surface area contributed by atoms with Gasteiger partial charge in [-0.25, -0.2) is 0 Å². The maximum Gasteiger partial charge on any atom is 0.416 e. The number of hydrogen-bond donors (Lipinski definition) is 1. The van der Waals surface area contributed by atoms with Gasteiger partial charge in [-0.15, -0.1) is 0 Å². The summed E-state index contributed by atoms with van der Waals surface area (Å²) in [5.41, 5.74) is 1.01. The molecular weight excluding hydrogens is 323 g/mol. The summed E-state index contributed by atoms with van der Waals surface area (Å²) in [6.07, 6.45) is -4.40. The van der Waals surface area contributed by atoms with Crippen molar-refractivity contribution < 1.29 is 27.8 Å². The average molecular weight is 337 g/mol. The quantitative estimate of drug-likeness (QED) is 0.919. The summed E-state index contributed by atoms with van der Waals surface area (Å²) in [7, 11) is 1.49. The summed E-state index contributed by atoms with van der Waals surface area (Å²) in [6.45, 7) is 0.156. The van der Waals surface area contributed by atoms with Crippen molar-refractivity contribution in [2.45, 2.75) is 12.1 Å². The maximum absolute atomic E-state index is 12.7. The van der Waals surface area contributed by atoms with E-state index in [4.69, 9.17) is 4.74 Å². The fourth-order valence-electron chi connectivity index (χ4n) is 2.85. The van der Waals surface area contributed by atoms with Crippen LogP contribution in [0.15, 0.2) is 42.5 Å². The third kappa shape index (κ3) is 2.77. The van der Waals surface area contributed by atoms with E-state index in [0.29, 0.717) is 22.7 Å². The topological polar surface area (TPSA) is 49.8 Å². The number of carboxylic acid groups (broad SMARTS) is 1. The van der Waals surface area contributed by atoms with Gasteiger partial charge >= 0.3 is 12.1 Å². The number of ether oxygens (including phenoxy) is 1. The molecule has 1 aliphatic rings. The van der Waals surface area contributed by atoms with Crippen molar-refractivity contribution in [3.8, 4) is 5.75 Å². The summed E-state index contributed by atoms with van der Waals surface area (Å²) in [5, 5.41) is 9.42. The second-order valence-corrected chi connectivity index (χ2v) is 5.47. The highest BCUT2D eigenvalue weighted by Crippen LogP contribution is 2.43. The molecule has 1 N–H and O–H groups in total. The zero-order chi connectivity index (χ0) is 17.5. The Morgan fingerprint density at radius 1 is 1.21 bits per heavy atom. The van der Waals surface area contributed by atoms with Crippen LogP contribution in [0.5, 0.6) is 5.75 Å². The lowest BCUT2D eigenvalue weighted by molar-refractivity contribution is -0.138. The van der Waals surface area contributed by atoms with Gasteiger partial charge in [-0.05, 0) is 48.0 Å². The van der Waals surface area contributed by atoms with Gasteiger partial charge in [-0.1, -0.05) is 0 Å². The SMILES string of the molecule is COc1ccc2c(c1)C(C(=O)O)CN2c1ccc(C(F)(F)F)cc1. The van der Waals surface area contributed by atoms with E-state index in [1.165, 1.54) is 19.2 Å². The Bertz CT molecular complexity index is 772. The van der Waals surface area contributed by atoms with Crippen molar-refractivity contribution in [1.82, 2.24) is 0 Å². The summed E-state index contributed by atoms with van der Waals surface area (Å²) in [6, 6.07) is 9.74. The lowest BCUT2D eigenvalue weighted by Crippen LogP contribution is -2.20. The van der Waals surface area contributed by atoms with Crippen LogP contribution < -0.4 is 9.64 Å². The molecule has 0 aliphatic carbocycles. The highest BCUT2D eigenvalue weighted by Gasteiger charge is 2.35. The Labute approximate surface area is 136 Å². The number of benzene rings is 2. The van der Waals surface area contributed by atoms with Gasteiger partial charge in [0.15, 0.2) is 0 Å². The normalized spacial score (nSPS) is 16.8. The third-order valence-electron chi connectivity index (χ3n) is 4.07. The number of rotatable bonds is 3. The first-order chi connectivity index (χ1) is 11.3. The molecule has 0 bridgehead atoms. The van der Waals surface area contributed by atoms with Gasteiger partial charge < -0.3 is 14.7 Å². The molecule has 1 heterocycles. The number of alkyl halides is 3. The van der Waals surface area contributed by atoms with Gasteiger partial charge in [0.1, 0.15) is 11.7 Å². The smallest absolute Gasteiger partial charge is 0.416 e. The van der Waals surface area contributed by atoms with Gasteiger partial charge in [0.25, 0.3) is 0 Å². The van der Waals surface area contributed by atoms with Crippen molar-refractivity contribution in [1.29, 1.82) is 0 Å². The molecule has 3 rings (SSSR count). The van der Waals surface area contributed by atoms with Crippen molar-refractivity contribution in [3.05, 3.63) is 53.6 Å². The molecule has 0 radical (unpaired) electrons. The fraction of sp³-hybridized carbons (Fsp3) is 0.235. The van der Waals surface area contributed by atoms with E-state index in [-0.39, 0.29) is 6.54 Å². The molecule has 0 saturated heterocycles. The van der Waals surface area contributed by atoms with Gasteiger partial charge in [-0.3, -0.25) is 4.79 Å². The van der Waals surface area contributed by atoms with E-state index < -0.39 is 23.6 Å². The molecule has 2 aromatic carbocycles. The molecule has 1 atom stereocenters. The predicted molar refractivity (Wildman–Crippen MR) is 81.8 cm³/mol. The van der Waals surface area contributed by atoms with Crippen LogP contribution >= 0.6 is 0 Å². The Morgan fingerprint density at radius 2 is 1.88 bits per heavy atom. The van der Waals surface area contributed by atoms with Crippen LogP contribution in [0.4, 0.5) is 24.5 Å². The maximum atomic E-state index is 12.7. The standard InChI is InChI=1S/C17H14F3NO3/c1-24-12-6-7-15-13(8-12)14(16(22)23)9-21(15)11-4-2-10(3-5-11)17(18,19)20/h2-8,14H,9H2,1H3,(H,22,23). The van der Waals surface area contributed by atoms with Gasteiger partial charge in [-0.2, -0.15) is 13.2 Å². The third-order valence-corrected chi connectivity index (χ3v) is 4.07. The Hall–Kier alpha value is -2.70. The summed E-state index contributed by atoms with van der Waals surface area (Å²) < 4.78 is 43.2. The highest BCUT2D eigenvalue weighted by molar-refractivity contribution is 5.86. The first-order valence-electron chi connectivity index (χ1n) is 7.17. The number of nitrogens with zero attached hydrogens (tertiary/aromatic N) is 1. The summed E-state index contributed by atoms with van der Waals surface area (Å²) in [5.74, 6) is -1.22. The number of aliphatic carboxylic acids is 1. The molecule has 24 heavy (non-hydrogen) atoms. The van der Waals surface area contributed by atoms with Crippen molar-refractivity contribution in [3.63, 3.8) is 0 Å². The zero-order valence-corrected chi connectivity index (χ0v) is 12.7. The van der Waals surface area contributed by atoms with Gasteiger partial charge in [0, 0.05) is 17.9 Å². The molecule has 7 heteroatoms. The minimum absolute atomic E-state index is 0.156. The molecule has 4 nitrogen and oxygen atoms in total. The van der Waals surface area contributed by atoms with Gasteiger partial charge in [0.05, 0.1) is 12.7 Å². The van der Waals surface area contributed by atoms with Crippen LogP contribution in [0, 0.1) is 0 Å². The number of halogens is 3. The number of anilines is 2. The number of carboxylic acids is 1. The van der Waals surface area contributed by atoms with E-state index >= 15 is 0 Å². The van der Waals surface area contributed by atoms with E-state index in [0.717, 1.165) is 12.1 Å². The zero-order valence-electron chi connectivity index (χ0n) is 12.7. The molecule has 0 amide bonds. The first kappa shape index (κ1) is 16.2.